The summed E-state index contributed by atoms with van der Waals surface area (Å²) in [4.78, 5) is 18.8. The van der Waals surface area contributed by atoms with Gasteiger partial charge < -0.3 is 10.2 Å². The van der Waals surface area contributed by atoms with Crippen LogP contribution in [-0.2, 0) is 0 Å². The Hall–Kier alpha value is -2.69. The second kappa shape index (κ2) is 9.49. The highest BCUT2D eigenvalue weighted by molar-refractivity contribution is 7.80. The van der Waals surface area contributed by atoms with E-state index >= 15 is 0 Å². The molecule has 1 aliphatic rings. The number of nitrogens with one attached hydrogen (secondary N) is 2. The van der Waals surface area contributed by atoms with Crippen LogP contribution in [0.15, 0.2) is 36.5 Å². The van der Waals surface area contributed by atoms with Crippen molar-refractivity contribution >= 4 is 46.3 Å². The van der Waals surface area contributed by atoms with Crippen LogP contribution in [0.2, 0.25) is 5.02 Å². The van der Waals surface area contributed by atoms with Gasteiger partial charge in [0.05, 0.1) is 16.3 Å². The normalized spacial score (nSPS) is 13.9. The van der Waals surface area contributed by atoms with Crippen molar-refractivity contribution in [1.82, 2.24) is 10.3 Å². The third-order valence-corrected chi connectivity index (χ3v) is 4.95. The second-order valence-electron chi connectivity index (χ2n) is 6.51. The molecule has 1 aromatic heterocycles. The van der Waals surface area contributed by atoms with Gasteiger partial charge >= 0.3 is 0 Å². The molecule has 0 unspecified atom stereocenters. The van der Waals surface area contributed by atoms with Crippen LogP contribution in [0.25, 0.3) is 0 Å². The number of halogens is 1. The first-order chi connectivity index (χ1) is 13.6. The van der Waals surface area contributed by atoms with E-state index in [1.807, 2.05) is 6.07 Å². The molecular weight excluding hydrogens is 394 g/mol. The summed E-state index contributed by atoms with van der Waals surface area (Å²) in [6, 6.07) is 10.7. The minimum Gasteiger partial charge on any atom is -0.370 e. The Kier molecular flexibility index (Phi) is 6.80. The number of carbonyl (C=O) groups excluding carboxylic acids is 1. The van der Waals surface area contributed by atoms with E-state index in [1.54, 1.807) is 24.3 Å². The monoisotopic (exact) mass is 413 g/mol. The van der Waals surface area contributed by atoms with E-state index < -0.39 is 0 Å². The topological polar surface area (TPSA) is 81.0 Å². The van der Waals surface area contributed by atoms with Crippen molar-refractivity contribution in [1.29, 1.82) is 5.26 Å². The number of amides is 1. The summed E-state index contributed by atoms with van der Waals surface area (Å²) in [5.74, 6) is 0.0919. The van der Waals surface area contributed by atoms with E-state index in [-0.39, 0.29) is 11.0 Å². The van der Waals surface area contributed by atoms with Crippen LogP contribution in [0.5, 0.6) is 0 Å². The maximum absolute atomic E-state index is 12.5. The second-order valence-corrected chi connectivity index (χ2v) is 7.36. The lowest BCUT2D eigenvalue weighted by Crippen LogP contribution is -2.34. The smallest absolute Gasteiger partial charge is 0.257 e. The molecule has 2 heterocycles. The van der Waals surface area contributed by atoms with Gasteiger partial charge in [0, 0.05) is 24.8 Å². The largest absolute Gasteiger partial charge is 0.370 e. The summed E-state index contributed by atoms with van der Waals surface area (Å²) < 4.78 is 0. The third-order valence-electron chi connectivity index (χ3n) is 4.52. The Morgan fingerprint density at radius 3 is 2.57 bits per heavy atom. The lowest BCUT2D eigenvalue weighted by atomic mass is 10.1. The summed E-state index contributed by atoms with van der Waals surface area (Å²) in [6.07, 6.45) is 6.14. The molecular formula is C20H20ClN5OS. The Morgan fingerprint density at radius 2 is 1.93 bits per heavy atom. The molecule has 144 valence electrons. The Morgan fingerprint density at radius 1 is 1.18 bits per heavy atom. The molecule has 0 saturated carbocycles. The number of carbonyl (C=O) groups is 1. The average molecular weight is 414 g/mol. The molecule has 1 aromatic carbocycles. The van der Waals surface area contributed by atoms with Crippen molar-refractivity contribution < 1.29 is 4.79 Å². The Labute approximate surface area is 174 Å². The molecule has 0 bridgehead atoms. The highest BCUT2D eigenvalue weighted by Gasteiger charge is 2.16. The minimum atomic E-state index is -0.384. The highest BCUT2D eigenvalue weighted by Crippen LogP contribution is 2.24. The number of hydrogen-bond acceptors (Lipinski definition) is 5. The lowest BCUT2D eigenvalue weighted by Gasteiger charge is -2.24. The average Bonchev–Trinajstić information content (AvgIpc) is 2.98. The molecule has 6 nitrogen and oxygen atoms in total. The number of nitriles is 1. The molecule has 1 saturated heterocycles. The van der Waals surface area contributed by atoms with Gasteiger partial charge in [-0.3, -0.25) is 10.1 Å². The van der Waals surface area contributed by atoms with Crippen LogP contribution >= 0.6 is 23.8 Å². The minimum absolute atomic E-state index is 0.120. The first-order valence-corrected chi connectivity index (χ1v) is 9.88. The SMILES string of the molecule is N#Cc1cc(C(=O)NC(=S)Nc2ccc(Cl)cn2)ccc1N1CCCCCC1. The predicted molar refractivity (Wildman–Crippen MR) is 115 cm³/mol. The van der Waals surface area contributed by atoms with Gasteiger partial charge in [-0.2, -0.15) is 5.26 Å². The first-order valence-electron chi connectivity index (χ1n) is 9.10. The molecule has 0 radical (unpaired) electrons. The van der Waals surface area contributed by atoms with Crippen LogP contribution in [0.3, 0.4) is 0 Å². The first kappa shape index (κ1) is 20.1. The van der Waals surface area contributed by atoms with Crippen molar-refractivity contribution in [2.45, 2.75) is 25.7 Å². The zero-order chi connectivity index (χ0) is 19.9. The molecule has 1 aliphatic heterocycles. The fourth-order valence-corrected chi connectivity index (χ4v) is 3.44. The maximum Gasteiger partial charge on any atom is 0.257 e. The summed E-state index contributed by atoms with van der Waals surface area (Å²) in [7, 11) is 0. The fraction of sp³-hybridized carbons (Fsp3) is 0.300. The Bertz CT molecular complexity index is 902. The fourth-order valence-electron chi connectivity index (χ4n) is 3.13. The van der Waals surface area contributed by atoms with Crippen molar-refractivity contribution in [3.63, 3.8) is 0 Å². The molecule has 2 N–H and O–H groups in total. The number of anilines is 2. The predicted octanol–water partition coefficient (Wildman–Crippen LogP) is 4.11. The lowest BCUT2D eigenvalue weighted by molar-refractivity contribution is 0.0977. The van der Waals surface area contributed by atoms with Crippen molar-refractivity contribution in [3.05, 3.63) is 52.7 Å². The van der Waals surface area contributed by atoms with Crippen LogP contribution in [0.1, 0.15) is 41.6 Å². The van der Waals surface area contributed by atoms with Gasteiger partial charge in [0.15, 0.2) is 5.11 Å². The zero-order valence-corrected chi connectivity index (χ0v) is 16.8. The number of nitrogens with zero attached hydrogens (tertiary/aromatic N) is 3. The van der Waals surface area contributed by atoms with E-state index in [2.05, 4.69) is 26.6 Å². The number of thiocarbonyl (C=S) groups is 1. The van der Waals surface area contributed by atoms with E-state index in [9.17, 15) is 10.1 Å². The summed E-state index contributed by atoms with van der Waals surface area (Å²) in [5, 5.41) is 15.6. The van der Waals surface area contributed by atoms with E-state index in [1.165, 1.54) is 19.0 Å². The summed E-state index contributed by atoms with van der Waals surface area (Å²) in [6.45, 7) is 1.87. The van der Waals surface area contributed by atoms with Crippen LogP contribution < -0.4 is 15.5 Å². The maximum atomic E-state index is 12.5. The number of hydrogen-bond donors (Lipinski definition) is 2. The zero-order valence-electron chi connectivity index (χ0n) is 15.2. The van der Waals surface area contributed by atoms with Gasteiger partial charge in [-0.05, 0) is 55.4 Å². The molecule has 1 fully saturated rings. The van der Waals surface area contributed by atoms with E-state index in [0.29, 0.717) is 22.0 Å². The molecule has 0 atom stereocenters. The van der Waals surface area contributed by atoms with Gasteiger partial charge in [-0.15, -0.1) is 0 Å². The molecule has 8 heteroatoms. The summed E-state index contributed by atoms with van der Waals surface area (Å²) in [5.41, 5.74) is 1.75. The highest BCUT2D eigenvalue weighted by atomic mass is 35.5. The molecule has 2 aromatic rings. The van der Waals surface area contributed by atoms with Gasteiger partial charge in [0.25, 0.3) is 5.91 Å². The van der Waals surface area contributed by atoms with Crippen LogP contribution in [0.4, 0.5) is 11.5 Å². The van der Waals surface area contributed by atoms with Crippen molar-refractivity contribution in [3.8, 4) is 6.07 Å². The summed E-state index contributed by atoms with van der Waals surface area (Å²) >= 11 is 11.0. The number of benzene rings is 1. The van der Waals surface area contributed by atoms with Gasteiger partial charge in [0.2, 0.25) is 0 Å². The van der Waals surface area contributed by atoms with Gasteiger partial charge in [-0.1, -0.05) is 24.4 Å². The number of aromatic nitrogens is 1. The standard InChI is InChI=1S/C20H20ClN5OS/c21-16-6-8-18(23-13-16)24-20(28)25-19(27)14-5-7-17(15(11-14)12-22)26-9-3-1-2-4-10-26/h5-8,11,13H,1-4,9-10H2,(H2,23,24,25,27,28). The van der Waals surface area contributed by atoms with E-state index in [4.69, 9.17) is 23.8 Å². The molecule has 1 amide bonds. The molecule has 3 rings (SSSR count). The van der Waals surface area contributed by atoms with Crippen LogP contribution in [0, 0.1) is 11.3 Å². The number of pyridine rings is 1. The van der Waals surface area contributed by atoms with E-state index in [0.717, 1.165) is 31.6 Å². The third kappa shape index (κ3) is 5.18. The van der Waals surface area contributed by atoms with Crippen molar-refractivity contribution in [2.24, 2.45) is 0 Å². The van der Waals surface area contributed by atoms with Crippen molar-refractivity contribution in [2.75, 3.05) is 23.3 Å². The Balaban J connectivity index is 1.68. The van der Waals surface area contributed by atoms with Gasteiger partial charge in [-0.25, -0.2) is 4.98 Å². The number of rotatable bonds is 3. The van der Waals surface area contributed by atoms with Gasteiger partial charge in [0.1, 0.15) is 11.9 Å². The van der Waals surface area contributed by atoms with Crippen LogP contribution in [-0.4, -0.2) is 29.1 Å². The molecule has 28 heavy (non-hydrogen) atoms. The molecule has 0 spiro atoms. The molecule has 0 aliphatic carbocycles. The quantitative estimate of drug-likeness (QED) is 0.737.